The van der Waals surface area contributed by atoms with Gasteiger partial charge in [0.1, 0.15) is 45.9 Å². The molecule has 0 aliphatic rings. The maximum Gasteiger partial charge on any atom is 0.243 e. The molecule has 0 saturated heterocycles. The van der Waals surface area contributed by atoms with Crippen LogP contribution in [0.1, 0.15) is 18.6 Å². The number of rotatable bonds is 10. The Morgan fingerprint density at radius 3 is 2.21 bits per heavy atom. The highest BCUT2D eigenvalue weighted by molar-refractivity contribution is 7.93. The van der Waals surface area contributed by atoms with E-state index < -0.39 is 33.0 Å². The van der Waals surface area contributed by atoms with E-state index in [0.717, 1.165) is 12.1 Å². The lowest BCUT2D eigenvalue weighted by molar-refractivity contribution is 0.171. The van der Waals surface area contributed by atoms with Gasteiger partial charge in [0.2, 0.25) is 16.0 Å². The molecule has 0 bridgehead atoms. The van der Waals surface area contributed by atoms with Gasteiger partial charge in [-0.3, -0.25) is 9.29 Å². The Morgan fingerprint density at radius 2 is 1.59 bits per heavy atom. The van der Waals surface area contributed by atoms with Crippen LogP contribution in [-0.2, 0) is 10.0 Å². The number of nitrogens with one attached hydrogen (secondary N) is 1. The number of methoxy groups -OCH3 is 3. The molecule has 10 nitrogen and oxygen atoms in total. The SMILES string of the molecule is COc1cccc(-c2nnc(NS(=O)(=O)[C@@H](C)[C@@H](O)c3ccc(F)cc3F)n2-c2c(OC)cccc2OC)c1. The summed E-state index contributed by atoms with van der Waals surface area (Å²) in [6, 6.07) is 14.3. The molecule has 0 radical (unpaired) electrons. The Hall–Kier alpha value is -4.23. The maximum absolute atomic E-state index is 14.3. The van der Waals surface area contributed by atoms with E-state index >= 15 is 0 Å². The molecule has 2 N–H and O–H groups in total. The predicted octanol–water partition coefficient (Wildman–Crippen LogP) is 4.10. The van der Waals surface area contributed by atoms with E-state index in [9.17, 15) is 22.3 Å². The standard InChI is InChI=1S/C26H26F2N4O6S/c1-15(24(33)19-12-11-17(27)14-20(19)28)39(34,35)31-26-30-29-25(16-7-5-8-18(13-16)36-2)32(26)23-21(37-3)9-6-10-22(23)38-4/h5-15,24,33H,1-4H3,(H,30,31)/t15-,24+/m0/s1. The summed E-state index contributed by atoms with van der Waals surface area (Å²) >= 11 is 0. The van der Waals surface area contributed by atoms with Crippen molar-refractivity contribution in [1.29, 1.82) is 0 Å². The van der Waals surface area contributed by atoms with Crippen LogP contribution in [0.3, 0.4) is 0 Å². The van der Waals surface area contributed by atoms with Crippen LogP contribution in [0.25, 0.3) is 17.1 Å². The van der Waals surface area contributed by atoms with Crippen LogP contribution in [0, 0.1) is 11.6 Å². The second-order valence-electron chi connectivity index (χ2n) is 8.39. The van der Waals surface area contributed by atoms with Crippen molar-refractivity contribution in [2.45, 2.75) is 18.3 Å². The monoisotopic (exact) mass is 560 g/mol. The Kier molecular flexibility index (Phi) is 8.02. The molecule has 0 spiro atoms. The molecule has 1 heterocycles. The molecule has 0 aliphatic carbocycles. The molecule has 0 aliphatic heterocycles. The molecule has 4 aromatic rings. The predicted molar refractivity (Wildman–Crippen MR) is 140 cm³/mol. The van der Waals surface area contributed by atoms with Gasteiger partial charge in [-0.1, -0.05) is 24.3 Å². The quantitative estimate of drug-likeness (QED) is 0.297. The number of aromatic nitrogens is 3. The number of nitrogens with zero attached hydrogens (tertiary/aromatic N) is 3. The Labute approximate surface area is 223 Å². The summed E-state index contributed by atoms with van der Waals surface area (Å²) in [5.41, 5.74) is 0.446. The Balaban J connectivity index is 1.85. The van der Waals surface area contributed by atoms with Crippen molar-refractivity contribution < 1.29 is 36.5 Å². The van der Waals surface area contributed by atoms with Gasteiger partial charge < -0.3 is 19.3 Å². The molecule has 206 valence electrons. The summed E-state index contributed by atoms with van der Waals surface area (Å²) in [5, 5.41) is 17.4. The molecular formula is C26H26F2N4O6S. The van der Waals surface area contributed by atoms with Gasteiger partial charge in [-0.15, -0.1) is 10.2 Å². The number of benzene rings is 3. The number of hydrogen-bond acceptors (Lipinski definition) is 8. The number of aliphatic hydroxyl groups is 1. The zero-order valence-electron chi connectivity index (χ0n) is 21.4. The fourth-order valence-corrected chi connectivity index (χ4v) is 5.01. The highest BCUT2D eigenvalue weighted by Gasteiger charge is 2.33. The van der Waals surface area contributed by atoms with Gasteiger partial charge in [0.05, 0.1) is 21.3 Å². The van der Waals surface area contributed by atoms with Gasteiger partial charge in [-0.25, -0.2) is 17.2 Å². The number of para-hydroxylation sites is 1. The van der Waals surface area contributed by atoms with Crippen LogP contribution in [-0.4, -0.2) is 54.9 Å². The Bertz CT molecular complexity index is 1570. The van der Waals surface area contributed by atoms with E-state index in [1.807, 2.05) is 0 Å². The first-order valence-corrected chi connectivity index (χ1v) is 13.1. The summed E-state index contributed by atoms with van der Waals surface area (Å²) in [6.45, 7) is 1.18. The molecule has 0 amide bonds. The third kappa shape index (κ3) is 5.49. The summed E-state index contributed by atoms with van der Waals surface area (Å²) in [5.74, 6) is -0.816. The van der Waals surface area contributed by atoms with Crippen molar-refractivity contribution in [2.75, 3.05) is 26.1 Å². The van der Waals surface area contributed by atoms with Crippen LogP contribution in [0.4, 0.5) is 14.7 Å². The van der Waals surface area contributed by atoms with E-state index in [-0.39, 0.29) is 17.3 Å². The van der Waals surface area contributed by atoms with Gasteiger partial charge in [-0.05, 0) is 37.3 Å². The van der Waals surface area contributed by atoms with Crippen LogP contribution in [0.2, 0.25) is 0 Å². The van der Waals surface area contributed by atoms with Gasteiger partial charge in [0.25, 0.3) is 0 Å². The van der Waals surface area contributed by atoms with Crippen molar-refractivity contribution in [2.24, 2.45) is 0 Å². The largest absolute Gasteiger partial charge is 0.497 e. The second kappa shape index (κ2) is 11.3. The average Bonchev–Trinajstić information content (AvgIpc) is 3.33. The van der Waals surface area contributed by atoms with E-state index in [0.29, 0.717) is 34.6 Å². The van der Waals surface area contributed by atoms with Crippen molar-refractivity contribution in [3.8, 4) is 34.3 Å². The minimum Gasteiger partial charge on any atom is -0.497 e. The molecule has 13 heteroatoms. The van der Waals surface area contributed by atoms with Crippen molar-refractivity contribution >= 4 is 16.0 Å². The summed E-state index contributed by atoms with van der Waals surface area (Å²) in [6.07, 6.45) is -1.82. The summed E-state index contributed by atoms with van der Waals surface area (Å²) in [4.78, 5) is 0. The number of anilines is 1. The Morgan fingerprint density at radius 1 is 0.923 bits per heavy atom. The zero-order chi connectivity index (χ0) is 28.3. The number of sulfonamides is 1. The first-order valence-electron chi connectivity index (χ1n) is 11.6. The number of halogens is 2. The van der Waals surface area contributed by atoms with Crippen LogP contribution in [0.15, 0.2) is 60.7 Å². The molecule has 2 atom stereocenters. The smallest absolute Gasteiger partial charge is 0.243 e. The fourth-order valence-electron chi connectivity index (χ4n) is 3.95. The van der Waals surface area contributed by atoms with Gasteiger partial charge in [0.15, 0.2) is 5.82 Å². The molecule has 0 fully saturated rings. The van der Waals surface area contributed by atoms with E-state index in [1.54, 1.807) is 42.5 Å². The third-order valence-electron chi connectivity index (χ3n) is 6.07. The van der Waals surface area contributed by atoms with E-state index in [1.165, 1.54) is 32.8 Å². The van der Waals surface area contributed by atoms with Gasteiger partial charge >= 0.3 is 0 Å². The maximum atomic E-state index is 14.3. The highest BCUT2D eigenvalue weighted by Crippen LogP contribution is 2.38. The van der Waals surface area contributed by atoms with E-state index in [2.05, 4.69) is 14.9 Å². The molecule has 1 aromatic heterocycles. The molecule has 39 heavy (non-hydrogen) atoms. The normalized spacial score (nSPS) is 13.0. The fraction of sp³-hybridized carbons (Fsp3) is 0.231. The third-order valence-corrected chi connectivity index (χ3v) is 7.77. The van der Waals surface area contributed by atoms with Crippen LogP contribution >= 0.6 is 0 Å². The number of hydrogen-bond donors (Lipinski definition) is 2. The summed E-state index contributed by atoms with van der Waals surface area (Å²) in [7, 11) is -0.0500. The van der Waals surface area contributed by atoms with Crippen LogP contribution in [0.5, 0.6) is 17.2 Å². The molecule has 0 saturated carbocycles. The number of ether oxygens (including phenoxy) is 3. The number of aliphatic hydroxyl groups excluding tert-OH is 1. The zero-order valence-corrected chi connectivity index (χ0v) is 22.2. The second-order valence-corrected chi connectivity index (χ2v) is 10.4. The minimum absolute atomic E-state index is 0.215. The highest BCUT2D eigenvalue weighted by atomic mass is 32.2. The van der Waals surface area contributed by atoms with Gasteiger partial charge in [-0.2, -0.15) is 0 Å². The lowest BCUT2D eigenvalue weighted by atomic mass is 10.1. The topological polar surface area (TPSA) is 125 Å². The molecular weight excluding hydrogens is 534 g/mol. The van der Waals surface area contributed by atoms with Crippen molar-refractivity contribution in [3.63, 3.8) is 0 Å². The van der Waals surface area contributed by atoms with Gasteiger partial charge in [0, 0.05) is 17.2 Å². The lowest BCUT2D eigenvalue weighted by Crippen LogP contribution is -2.32. The molecule has 0 unspecified atom stereocenters. The van der Waals surface area contributed by atoms with Crippen molar-refractivity contribution in [1.82, 2.24) is 14.8 Å². The van der Waals surface area contributed by atoms with Crippen LogP contribution < -0.4 is 18.9 Å². The first kappa shape index (κ1) is 27.8. The molecule has 4 rings (SSSR count). The minimum atomic E-state index is -4.43. The average molecular weight is 561 g/mol. The first-order chi connectivity index (χ1) is 18.6. The van der Waals surface area contributed by atoms with E-state index in [4.69, 9.17) is 14.2 Å². The lowest BCUT2D eigenvalue weighted by Gasteiger charge is -2.22. The van der Waals surface area contributed by atoms with Crippen molar-refractivity contribution in [3.05, 3.63) is 77.9 Å². The summed E-state index contributed by atoms with van der Waals surface area (Å²) < 4.78 is 74.6. The molecule has 3 aromatic carbocycles.